The van der Waals surface area contributed by atoms with E-state index >= 15 is 0 Å². The van der Waals surface area contributed by atoms with Crippen LogP contribution in [0.15, 0.2) is 36.4 Å². The molecule has 0 aliphatic carbocycles. The van der Waals surface area contributed by atoms with Crippen LogP contribution < -0.4 is 5.32 Å². The minimum atomic E-state index is -0.542. The second kappa shape index (κ2) is 6.47. The fraction of sp³-hybridized carbons (Fsp3) is 0.214. The van der Waals surface area contributed by atoms with E-state index in [9.17, 15) is 20.0 Å². The number of nitro groups is 1. The first-order valence-electron chi connectivity index (χ1n) is 6.24. The van der Waals surface area contributed by atoms with Gasteiger partial charge >= 0.3 is 0 Å². The maximum absolute atomic E-state index is 12.1. The summed E-state index contributed by atoms with van der Waals surface area (Å²) >= 11 is 1.06. The molecule has 0 spiro atoms. The summed E-state index contributed by atoms with van der Waals surface area (Å²) in [5.74, 6) is -0.431. The zero-order valence-corrected chi connectivity index (χ0v) is 12.1. The predicted molar refractivity (Wildman–Crippen MR) is 79.4 cm³/mol. The highest BCUT2D eigenvalue weighted by molar-refractivity contribution is 7.14. The largest absolute Gasteiger partial charge is 0.394 e. The molecule has 0 aliphatic heterocycles. The third kappa shape index (κ3) is 3.45. The van der Waals surface area contributed by atoms with Gasteiger partial charge < -0.3 is 10.4 Å². The number of benzene rings is 1. The molecule has 0 radical (unpaired) electrons. The Hall–Kier alpha value is -2.25. The van der Waals surface area contributed by atoms with Crippen molar-refractivity contribution in [2.75, 3.05) is 6.61 Å². The van der Waals surface area contributed by atoms with Gasteiger partial charge in [0.15, 0.2) is 0 Å². The highest BCUT2D eigenvalue weighted by Crippen LogP contribution is 2.28. The molecule has 7 heteroatoms. The minimum Gasteiger partial charge on any atom is -0.394 e. The monoisotopic (exact) mass is 306 g/mol. The number of nitrogens with zero attached hydrogens (tertiary/aromatic N) is 1. The first kappa shape index (κ1) is 15.1. The molecular weight excluding hydrogens is 292 g/mol. The number of aliphatic hydroxyl groups is 1. The molecule has 1 aromatic carbocycles. The molecule has 1 heterocycles. The summed E-state index contributed by atoms with van der Waals surface area (Å²) in [7, 11) is 0. The summed E-state index contributed by atoms with van der Waals surface area (Å²) in [6, 6.07) is 9.77. The maximum atomic E-state index is 12.1. The molecule has 0 aliphatic rings. The van der Waals surface area contributed by atoms with Crippen LogP contribution in [-0.2, 0) is 0 Å². The second-order valence-corrected chi connectivity index (χ2v) is 5.68. The van der Waals surface area contributed by atoms with Gasteiger partial charge in [0.05, 0.1) is 27.3 Å². The van der Waals surface area contributed by atoms with E-state index in [0.717, 1.165) is 16.9 Å². The van der Waals surface area contributed by atoms with Crippen LogP contribution in [0.2, 0.25) is 0 Å². The molecular formula is C14H14N2O4S. The number of rotatable bonds is 5. The van der Waals surface area contributed by atoms with Crippen LogP contribution in [-0.4, -0.2) is 22.5 Å². The highest BCUT2D eigenvalue weighted by atomic mass is 32.1. The summed E-state index contributed by atoms with van der Waals surface area (Å²) in [4.78, 5) is 23.2. The van der Waals surface area contributed by atoms with Crippen LogP contribution >= 0.6 is 11.3 Å². The predicted octanol–water partition coefficient (Wildman–Crippen LogP) is 2.43. The lowest BCUT2D eigenvalue weighted by molar-refractivity contribution is -0.385. The van der Waals surface area contributed by atoms with E-state index in [0.29, 0.717) is 4.88 Å². The fourth-order valence-corrected chi connectivity index (χ4v) is 2.80. The van der Waals surface area contributed by atoms with E-state index in [1.165, 1.54) is 6.07 Å². The second-order valence-electron chi connectivity index (χ2n) is 4.43. The lowest BCUT2D eigenvalue weighted by Gasteiger charge is -2.15. The SMILES string of the molecule is Cc1sc(C(=O)NC(CO)c2ccccc2)cc1[N+](=O)[O-]. The molecule has 6 nitrogen and oxygen atoms in total. The van der Waals surface area contributed by atoms with Gasteiger partial charge in [-0.05, 0) is 12.5 Å². The standard InChI is InChI=1S/C14H14N2O4S/c1-9-12(16(19)20)7-13(21-9)14(18)15-11(8-17)10-5-3-2-4-6-10/h2-7,11,17H,8H2,1H3,(H,15,18). The molecule has 0 bridgehead atoms. The molecule has 1 amide bonds. The number of amides is 1. The highest BCUT2D eigenvalue weighted by Gasteiger charge is 2.21. The van der Waals surface area contributed by atoms with Gasteiger partial charge in [0, 0.05) is 6.07 Å². The molecule has 1 atom stereocenters. The quantitative estimate of drug-likeness (QED) is 0.655. The lowest BCUT2D eigenvalue weighted by atomic mass is 10.1. The number of hydrogen-bond donors (Lipinski definition) is 2. The van der Waals surface area contributed by atoms with Crippen LogP contribution in [0.3, 0.4) is 0 Å². The van der Waals surface area contributed by atoms with E-state index < -0.39 is 16.9 Å². The molecule has 0 saturated heterocycles. The number of aliphatic hydroxyl groups excluding tert-OH is 1. The van der Waals surface area contributed by atoms with Crippen molar-refractivity contribution in [2.45, 2.75) is 13.0 Å². The molecule has 21 heavy (non-hydrogen) atoms. The van der Waals surface area contributed by atoms with Crippen molar-refractivity contribution in [3.8, 4) is 0 Å². The average Bonchev–Trinajstić information content (AvgIpc) is 2.87. The van der Waals surface area contributed by atoms with Gasteiger partial charge in [-0.3, -0.25) is 14.9 Å². The van der Waals surface area contributed by atoms with Crippen LogP contribution in [0.5, 0.6) is 0 Å². The van der Waals surface area contributed by atoms with Gasteiger partial charge in [0.25, 0.3) is 11.6 Å². The molecule has 1 aromatic heterocycles. The van der Waals surface area contributed by atoms with E-state index in [2.05, 4.69) is 5.32 Å². The number of thiophene rings is 1. The molecule has 1 unspecified atom stereocenters. The van der Waals surface area contributed by atoms with E-state index in [1.807, 2.05) is 18.2 Å². The Morgan fingerprint density at radius 1 is 1.43 bits per heavy atom. The Labute approximate surface area is 125 Å². The Bertz CT molecular complexity index is 654. The third-order valence-electron chi connectivity index (χ3n) is 3.00. The number of nitrogens with one attached hydrogen (secondary N) is 1. The lowest BCUT2D eigenvalue weighted by Crippen LogP contribution is -2.30. The molecule has 110 valence electrons. The summed E-state index contributed by atoms with van der Waals surface area (Å²) < 4.78 is 0. The number of aryl methyl sites for hydroxylation is 1. The molecule has 2 aromatic rings. The van der Waals surface area contributed by atoms with Crippen molar-refractivity contribution in [2.24, 2.45) is 0 Å². The first-order valence-corrected chi connectivity index (χ1v) is 7.06. The van der Waals surface area contributed by atoms with Crippen LogP contribution in [0.1, 0.15) is 26.2 Å². The zero-order chi connectivity index (χ0) is 15.4. The van der Waals surface area contributed by atoms with Crippen LogP contribution in [0, 0.1) is 17.0 Å². The zero-order valence-electron chi connectivity index (χ0n) is 11.3. The topological polar surface area (TPSA) is 92.5 Å². The Balaban J connectivity index is 2.17. The Kier molecular flexibility index (Phi) is 4.66. The van der Waals surface area contributed by atoms with Gasteiger partial charge in [-0.25, -0.2) is 0 Å². The van der Waals surface area contributed by atoms with Crippen molar-refractivity contribution < 1.29 is 14.8 Å². The molecule has 2 rings (SSSR count). The summed E-state index contributed by atoms with van der Waals surface area (Å²) in [5, 5.41) is 22.9. The summed E-state index contributed by atoms with van der Waals surface area (Å²) in [5.41, 5.74) is 0.710. The normalized spacial score (nSPS) is 11.9. The molecule has 0 saturated carbocycles. The number of carbonyl (C=O) groups excluding carboxylic acids is 1. The van der Waals surface area contributed by atoms with E-state index in [-0.39, 0.29) is 17.2 Å². The van der Waals surface area contributed by atoms with Gasteiger partial charge in [0.1, 0.15) is 0 Å². The van der Waals surface area contributed by atoms with Gasteiger partial charge in [-0.2, -0.15) is 0 Å². The minimum absolute atomic E-state index is 0.0644. The molecule has 0 fully saturated rings. The van der Waals surface area contributed by atoms with E-state index in [1.54, 1.807) is 19.1 Å². The van der Waals surface area contributed by atoms with E-state index in [4.69, 9.17) is 0 Å². The van der Waals surface area contributed by atoms with Crippen LogP contribution in [0.25, 0.3) is 0 Å². The van der Waals surface area contributed by atoms with Crippen molar-refractivity contribution in [3.63, 3.8) is 0 Å². The molecule has 2 N–H and O–H groups in total. The average molecular weight is 306 g/mol. The van der Waals surface area contributed by atoms with Gasteiger partial charge in [-0.15, -0.1) is 11.3 Å². The van der Waals surface area contributed by atoms with Crippen molar-refractivity contribution >= 4 is 22.9 Å². The first-order chi connectivity index (χ1) is 10.0. The Morgan fingerprint density at radius 2 is 2.10 bits per heavy atom. The van der Waals surface area contributed by atoms with Crippen molar-refractivity contribution in [3.05, 3.63) is 61.8 Å². The smallest absolute Gasteiger partial charge is 0.283 e. The third-order valence-corrected chi connectivity index (χ3v) is 4.04. The Morgan fingerprint density at radius 3 is 2.62 bits per heavy atom. The fourth-order valence-electron chi connectivity index (χ4n) is 1.91. The van der Waals surface area contributed by atoms with Crippen molar-refractivity contribution in [1.82, 2.24) is 5.32 Å². The maximum Gasteiger partial charge on any atom is 0.283 e. The number of hydrogen-bond acceptors (Lipinski definition) is 5. The number of carbonyl (C=O) groups is 1. The summed E-state index contributed by atoms with van der Waals surface area (Å²) in [6.07, 6.45) is 0. The van der Waals surface area contributed by atoms with Gasteiger partial charge in [0.2, 0.25) is 0 Å². The van der Waals surface area contributed by atoms with Gasteiger partial charge in [-0.1, -0.05) is 30.3 Å². The van der Waals surface area contributed by atoms with Crippen LogP contribution in [0.4, 0.5) is 5.69 Å². The van der Waals surface area contributed by atoms with Crippen molar-refractivity contribution in [1.29, 1.82) is 0 Å². The summed E-state index contributed by atoms with van der Waals surface area (Å²) in [6.45, 7) is 1.35.